The lowest BCUT2D eigenvalue weighted by atomic mass is 10.2. The Kier molecular flexibility index (Phi) is 35.9. The number of quaternary nitrogens is 1. The minimum Gasteiger partial charge on any atom is -0.462 e. The molecule has 0 aromatic carbocycles. The lowest BCUT2D eigenvalue weighted by Crippen LogP contribution is -2.37. The summed E-state index contributed by atoms with van der Waals surface area (Å²) in [6, 6.07) is 0. The summed E-state index contributed by atoms with van der Waals surface area (Å²) in [5.74, 6) is -1.03. The number of esters is 2. The molecule has 4 atom stereocenters. The number of hydrogen-bond acceptors (Lipinski definition) is 9. The number of ether oxygens (including phenoxy) is 2. The SMILES string of the molecule is CC/C=C\C/C=C\C/C=C\C/C=C\CCCCC(=O)OC[C@H](COP(=O)(O)OCC[N+](C)(C)C)OC(=O)CC/C=C\C/C=C\C[C@@H](O)/C=C/C=C\C=C\[C@@H](O)C/C=C\CC. The summed E-state index contributed by atoms with van der Waals surface area (Å²) in [6.07, 6.45) is 46.2. The number of carbonyl (C=O) groups excluding carboxylic acids is 2. The van der Waals surface area contributed by atoms with E-state index in [1.807, 2.05) is 64.5 Å². The number of aliphatic hydroxyl groups is 2. The van der Waals surface area contributed by atoms with Crippen LogP contribution in [0.5, 0.6) is 0 Å². The smallest absolute Gasteiger partial charge is 0.462 e. The van der Waals surface area contributed by atoms with E-state index in [0.717, 1.165) is 44.9 Å². The van der Waals surface area contributed by atoms with E-state index in [4.69, 9.17) is 18.5 Å². The van der Waals surface area contributed by atoms with E-state index in [2.05, 4.69) is 55.5 Å². The Hall–Kier alpha value is -3.67. The zero-order valence-electron chi connectivity index (χ0n) is 37.1. The van der Waals surface area contributed by atoms with Crippen LogP contribution in [0.25, 0.3) is 0 Å². The first-order valence-corrected chi connectivity index (χ1v) is 23.0. The van der Waals surface area contributed by atoms with Crippen molar-refractivity contribution in [2.24, 2.45) is 0 Å². The molecule has 0 aliphatic carbocycles. The lowest BCUT2D eigenvalue weighted by molar-refractivity contribution is -0.870. The molecule has 0 saturated heterocycles. The molecular formula is C48H77NO10P+. The lowest BCUT2D eigenvalue weighted by Gasteiger charge is -2.24. The van der Waals surface area contributed by atoms with Crippen molar-refractivity contribution >= 4 is 19.8 Å². The zero-order chi connectivity index (χ0) is 44.6. The molecule has 60 heavy (non-hydrogen) atoms. The molecule has 0 heterocycles. The van der Waals surface area contributed by atoms with Crippen molar-refractivity contribution in [1.82, 2.24) is 0 Å². The van der Waals surface area contributed by atoms with Gasteiger partial charge in [-0.1, -0.05) is 135 Å². The van der Waals surface area contributed by atoms with E-state index in [1.54, 1.807) is 36.5 Å². The first kappa shape index (κ1) is 56.3. The molecule has 0 saturated carbocycles. The number of carbonyl (C=O) groups is 2. The quantitative estimate of drug-likeness (QED) is 0.0139. The first-order valence-electron chi connectivity index (χ1n) is 21.5. The molecule has 0 radical (unpaired) electrons. The third kappa shape index (κ3) is 41.1. The van der Waals surface area contributed by atoms with E-state index in [9.17, 15) is 29.3 Å². The number of unbranched alkanes of at least 4 members (excludes halogenated alkanes) is 2. The maximum absolute atomic E-state index is 12.7. The molecule has 0 spiro atoms. The molecule has 11 nitrogen and oxygen atoms in total. The maximum Gasteiger partial charge on any atom is 0.472 e. The van der Waals surface area contributed by atoms with Crippen LogP contribution in [0.2, 0.25) is 0 Å². The second-order valence-corrected chi connectivity index (χ2v) is 16.5. The molecule has 0 amide bonds. The largest absolute Gasteiger partial charge is 0.472 e. The third-order valence-corrected chi connectivity index (χ3v) is 9.15. The predicted molar refractivity (Wildman–Crippen MR) is 245 cm³/mol. The average molecular weight is 859 g/mol. The molecule has 1 unspecified atom stereocenters. The van der Waals surface area contributed by atoms with Crippen LogP contribution in [0, 0.1) is 0 Å². The van der Waals surface area contributed by atoms with Gasteiger partial charge in [0, 0.05) is 12.8 Å². The molecule has 3 N–H and O–H groups in total. The summed E-state index contributed by atoms with van der Waals surface area (Å²) in [7, 11) is 1.31. The normalized spacial score (nSPS) is 15.8. The fraction of sp³-hybridized carbons (Fsp3) is 0.542. The maximum atomic E-state index is 12.7. The van der Waals surface area contributed by atoms with Gasteiger partial charge < -0.3 is 29.1 Å². The average Bonchev–Trinajstić information content (AvgIpc) is 3.19. The minimum absolute atomic E-state index is 0.0165. The summed E-state index contributed by atoms with van der Waals surface area (Å²) in [5, 5.41) is 20.0. The highest BCUT2D eigenvalue weighted by Gasteiger charge is 2.27. The molecule has 0 bridgehead atoms. The Morgan fingerprint density at radius 2 is 1.10 bits per heavy atom. The van der Waals surface area contributed by atoms with E-state index < -0.39 is 44.7 Å². The molecular weight excluding hydrogens is 781 g/mol. The molecule has 0 aliphatic rings. The van der Waals surface area contributed by atoms with Crippen LogP contribution in [0.3, 0.4) is 0 Å². The van der Waals surface area contributed by atoms with Crippen LogP contribution in [-0.4, -0.2) is 97.3 Å². The number of rotatable bonds is 36. The number of nitrogens with zero attached hydrogens (tertiary/aromatic N) is 1. The van der Waals surface area contributed by atoms with Crippen molar-refractivity contribution in [3.05, 3.63) is 122 Å². The van der Waals surface area contributed by atoms with Gasteiger partial charge in [0.15, 0.2) is 6.10 Å². The van der Waals surface area contributed by atoms with Gasteiger partial charge in [0.2, 0.25) is 0 Å². The van der Waals surface area contributed by atoms with Gasteiger partial charge in [0.1, 0.15) is 19.8 Å². The number of hydrogen-bond donors (Lipinski definition) is 3. The molecule has 0 aliphatic heterocycles. The summed E-state index contributed by atoms with van der Waals surface area (Å²) in [4.78, 5) is 35.3. The highest BCUT2D eigenvalue weighted by Crippen LogP contribution is 2.43. The molecule has 0 fully saturated rings. The van der Waals surface area contributed by atoms with Gasteiger partial charge in [-0.05, 0) is 77.0 Å². The van der Waals surface area contributed by atoms with Crippen LogP contribution < -0.4 is 0 Å². The number of phosphoric ester groups is 1. The van der Waals surface area contributed by atoms with Crippen molar-refractivity contribution in [2.45, 2.75) is 122 Å². The first-order chi connectivity index (χ1) is 28.8. The molecule has 0 aromatic heterocycles. The second kappa shape index (κ2) is 38.3. The fourth-order valence-corrected chi connectivity index (χ4v) is 5.53. The Morgan fingerprint density at radius 1 is 0.600 bits per heavy atom. The second-order valence-electron chi connectivity index (χ2n) is 15.0. The topological polar surface area (TPSA) is 149 Å². The van der Waals surface area contributed by atoms with Crippen molar-refractivity contribution in [3.8, 4) is 0 Å². The van der Waals surface area contributed by atoms with Crippen LogP contribution in [-0.2, 0) is 32.7 Å². The standard InChI is InChI=1S/C48H76NO10P/c1-6-8-10-11-12-13-14-15-16-17-18-19-20-24-32-38-47(52)56-42-46(43-58-60(54,55)57-41-40-49(3,4)5)59-48(53)39-33-25-22-21-23-29-35-45(51)37-31-27-26-30-36-44(50)34-28-9-7-2/h8-10,12-13,15-16,18-19,22-23,25-31,36-37,44-46,50-51H,6-7,11,14,17,20-21,24,32-35,38-43H2,1-5H3/p+1/b10-8-,13-12-,16-15-,19-18-,25-22-,27-26-,28-9-,29-23-,36-30+,37-31+/t44-,45+,46+/m0/s1. The Labute approximate surface area is 362 Å². The van der Waals surface area contributed by atoms with Gasteiger partial charge >= 0.3 is 19.8 Å². The molecule has 0 aromatic rings. The van der Waals surface area contributed by atoms with Gasteiger partial charge in [-0.3, -0.25) is 18.6 Å². The van der Waals surface area contributed by atoms with Crippen LogP contribution in [0.4, 0.5) is 0 Å². The van der Waals surface area contributed by atoms with Gasteiger partial charge in [0.25, 0.3) is 0 Å². The van der Waals surface area contributed by atoms with E-state index in [1.165, 1.54) is 0 Å². The number of phosphoric acid groups is 1. The van der Waals surface area contributed by atoms with Gasteiger partial charge in [-0.25, -0.2) is 4.57 Å². The number of likely N-dealkylation sites (N-methyl/N-ethyl adjacent to an activating group) is 1. The highest BCUT2D eigenvalue weighted by molar-refractivity contribution is 7.47. The third-order valence-electron chi connectivity index (χ3n) is 8.17. The van der Waals surface area contributed by atoms with Gasteiger partial charge in [0.05, 0.1) is 40.0 Å². The van der Waals surface area contributed by atoms with E-state index in [-0.39, 0.29) is 26.1 Å². The minimum atomic E-state index is -4.44. The van der Waals surface area contributed by atoms with Crippen molar-refractivity contribution in [3.63, 3.8) is 0 Å². The van der Waals surface area contributed by atoms with Crippen molar-refractivity contribution < 1.29 is 52.3 Å². The van der Waals surface area contributed by atoms with Gasteiger partial charge in [-0.15, -0.1) is 0 Å². The Balaban J connectivity index is 4.71. The van der Waals surface area contributed by atoms with Crippen LogP contribution >= 0.6 is 7.82 Å². The fourth-order valence-electron chi connectivity index (χ4n) is 4.79. The van der Waals surface area contributed by atoms with E-state index in [0.29, 0.717) is 43.1 Å². The summed E-state index contributed by atoms with van der Waals surface area (Å²) in [5.41, 5.74) is 0. The number of aliphatic hydroxyl groups excluding tert-OH is 2. The zero-order valence-corrected chi connectivity index (χ0v) is 38.0. The summed E-state index contributed by atoms with van der Waals surface area (Å²) < 4.78 is 34.0. The van der Waals surface area contributed by atoms with Crippen molar-refractivity contribution in [1.29, 1.82) is 0 Å². The summed E-state index contributed by atoms with van der Waals surface area (Å²) in [6.45, 7) is 3.81. The van der Waals surface area contributed by atoms with Crippen LogP contribution in [0.15, 0.2) is 122 Å². The predicted octanol–water partition coefficient (Wildman–Crippen LogP) is 10.1. The van der Waals surface area contributed by atoms with Gasteiger partial charge in [-0.2, -0.15) is 0 Å². The summed E-state index contributed by atoms with van der Waals surface area (Å²) >= 11 is 0. The molecule has 12 heteroatoms. The van der Waals surface area contributed by atoms with E-state index >= 15 is 0 Å². The molecule has 0 rings (SSSR count). The molecule has 338 valence electrons. The Bertz CT molecular complexity index is 1470. The highest BCUT2D eigenvalue weighted by atomic mass is 31.2. The number of allylic oxidation sites excluding steroid dienone is 16. The van der Waals surface area contributed by atoms with Crippen molar-refractivity contribution in [2.75, 3.05) is 47.5 Å². The monoisotopic (exact) mass is 859 g/mol. The van der Waals surface area contributed by atoms with Crippen LogP contribution in [0.1, 0.15) is 104 Å². The Morgan fingerprint density at radius 3 is 1.67 bits per heavy atom.